The molecule has 1 saturated carbocycles. The summed E-state index contributed by atoms with van der Waals surface area (Å²) in [5, 5.41) is 17.6. The van der Waals surface area contributed by atoms with Crippen molar-refractivity contribution in [2.75, 3.05) is 19.7 Å². The van der Waals surface area contributed by atoms with Crippen molar-refractivity contribution < 1.29 is 23.4 Å². The van der Waals surface area contributed by atoms with E-state index in [1.165, 1.54) is 4.90 Å². The lowest BCUT2D eigenvalue weighted by atomic mass is 10.3. The largest absolute Gasteiger partial charge is 0.401 e. The van der Waals surface area contributed by atoms with Crippen LogP contribution in [0.15, 0.2) is 0 Å². The fraction of sp³-hybridized carbons (Fsp3) is 1.00. The van der Waals surface area contributed by atoms with Gasteiger partial charge in [-0.2, -0.15) is 13.2 Å². The molecule has 1 aliphatic carbocycles. The van der Waals surface area contributed by atoms with Gasteiger partial charge in [0, 0.05) is 12.6 Å². The summed E-state index contributed by atoms with van der Waals surface area (Å²) in [6, 6.07) is -0.0715. The smallest absolute Gasteiger partial charge is 0.394 e. The van der Waals surface area contributed by atoms with E-state index in [9.17, 15) is 13.2 Å². The van der Waals surface area contributed by atoms with E-state index in [4.69, 9.17) is 10.2 Å². The van der Waals surface area contributed by atoms with Crippen molar-refractivity contribution in [2.45, 2.75) is 31.2 Å². The van der Waals surface area contributed by atoms with E-state index in [0.29, 0.717) is 0 Å². The molecule has 2 N–H and O–H groups in total. The lowest BCUT2D eigenvalue weighted by molar-refractivity contribution is -0.150. The Balaban J connectivity index is 2.39. The summed E-state index contributed by atoms with van der Waals surface area (Å²) in [4.78, 5) is 1.18. The highest BCUT2D eigenvalue weighted by atomic mass is 19.4. The normalized spacial score (nSPS) is 20.1. The van der Waals surface area contributed by atoms with E-state index in [-0.39, 0.29) is 12.6 Å². The van der Waals surface area contributed by atoms with Crippen LogP contribution in [0.2, 0.25) is 0 Å². The maximum Gasteiger partial charge on any atom is 0.401 e. The Labute approximate surface area is 80.1 Å². The molecule has 0 bridgehead atoms. The lowest BCUT2D eigenvalue weighted by Crippen LogP contribution is -2.41. The summed E-state index contributed by atoms with van der Waals surface area (Å²) in [5.41, 5.74) is 0. The summed E-state index contributed by atoms with van der Waals surface area (Å²) in [6.45, 7) is -1.61. The third kappa shape index (κ3) is 4.26. The van der Waals surface area contributed by atoms with Gasteiger partial charge in [0.25, 0.3) is 0 Å². The van der Waals surface area contributed by atoms with Crippen LogP contribution in [0.3, 0.4) is 0 Å². The van der Waals surface area contributed by atoms with Gasteiger partial charge < -0.3 is 10.2 Å². The van der Waals surface area contributed by atoms with E-state index >= 15 is 0 Å². The van der Waals surface area contributed by atoms with Gasteiger partial charge in [-0.3, -0.25) is 4.90 Å². The Bertz CT molecular complexity index is 182. The van der Waals surface area contributed by atoms with Crippen LogP contribution >= 0.6 is 0 Å². The van der Waals surface area contributed by atoms with Crippen LogP contribution in [0.5, 0.6) is 0 Å². The molecule has 0 amide bonds. The fourth-order valence-corrected chi connectivity index (χ4v) is 1.34. The van der Waals surface area contributed by atoms with Crippen LogP contribution in [-0.2, 0) is 0 Å². The number of rotatable bonds is 5. The van der Waals surface area contributed by atoms with Crippen molar-refractivity contribution >= 4 is 0 Å². The molecule has 1 fully saturated rings. The van der Waals surface area contributed by atoms with Crippen molar-refractivity contribution in [3.63, 3.8) is 0 Å². The Kier molecular flexibility index (Phi) is 3.74. The Morgan fingerprint density at radius 1 is 1.36 bits per heavy atom. The van der Waals surface area contributed by atoms with Gasteiger partial charge in [0.1, 0.15) is 0 Å². The summed E-state index contributed by atoms with van der Waals surface area (Å²) < 4.78 is 36.2. The molecule has 1 atom stereocenters. The molecule has 84 valence electrons. The Morgan fingerprint density at radius 2 is 1.93 bits per heavy atom. The zero-order valence-electron chi connectivity index (χ0n) is 7.67. The van der Waals surface area contributed by atoms with E-state index in [1.807, 2.05) is 0 Å². The van der Waals surface area contributed by atoms with Gasteiger partial charge in [-0.05, 0) is 12.8 Å². The molecule has 1 rings (SSSR count). The van der Waals surface area contributed by atoms with E-state index < -0.39 is 25.4 Å². The molecule has 0 spiro atoms. The van der Waals surface area contributed by atoms with E-state index in [0.717, 1.165) is 12.8 Å². The van der Waals surface area contributed by atoms with Gasteiger partial charge in [0.15, 0.2) is 0 Å². The van der Waals surface area contributed by atoms with Gasteiger partial charge in [0.05, 0.1) is 19.3 Å². The highest BCUT2D eigenvalue weighted by Crippen LogP contribution is 2.29. The van der Waals surface area contributed by atoms with Crippen molar-refractivity contribution in [1.29, 1.82) is 0 Å². The first-order valence-corrected chi connectivity index (χ1v) is 4.52. The van der Waals surface area contributed by atoms with Crippen LogP contribution in [0, 0.1) is 0 Å². The molecule has 0 aromatic heterocycles. The van der Waals surface area contributed by atoms with E-state index in [2.05, 4.69) is 0 Å². The molecule has 0 radical (unpaired) electrons. The van der Waals surface area contributed by atoms with Gasteiger partial charge >= 0.3 is 6.18 Å². The van der Waals surface area contributed by atoms with E-state index in [1.54, 1.807) is 0 Å². The van der Waals surface area contributed by atoms with Gasteiger partial charge in [-0.1, -0.05) is 0 Å². The molecule has 1 unspecified atom stereocenters. The number of aliphatic hydroxyl groups excluding tert-OH is 2. The zero-order chi connectivity index (χ0) is 10.8. The predicted molar refractivity (Wildman–Crippen MR) is 43.7 cm³/mol. The minimum absolute atomic E-state index is 0.0715. The quantitative estimate of drug-likeness (QED) is 0.693. The average molecular weight is 213 g/mol. The van der Waals surface area contributed by atoms with Crippen molar-refractivity contribution in [2.24, 2.45) is 0 Å². The standard InChI is InChI=1S/C8H14F3NO2/c9-8(10,11)5-12(6-1-2-6)3-7(14)4-13/h6-7,13-14H,1-5H2. The number of hydrogen-bond donors (Lipinski definition) is 2. The minimum atomic E-state index is -4.24. The van der Waals surface area contributed by atoms with Crippen molar-refractivity contribution in [3.8, 4) is 0 Å². The maximum absolute atomic E-state index is 12.1. The van der Waals surface area contributed by atoms with Crippen LogP contribution < -0.4 is 0 Å². The highest BCUT2D eigenvalue weighted by Gasteiger charge is 2.38. The summed E-state index contributed by atoms with van der Waals surface area (Å²) in [6.07, 6.45) is -3.84. The van der Waals surface area contributed by atoms with Gasteiger partial charge in [-0.15, -0.1) is 0 Å². The summed E-state index contributed by atoms with van der Waals surface area (Å²) >= 11 is 0. The first kappa shape index (κ1) is 11.7. The predicted octanol–water partition coefficient (Wildman–Crippen LogP) is 0.366. The highest BCUT2D eigenvalue weighted by molar-refractivity contribution is 4.86. The van der Waals surface area contributed by atoms with Gasteiger partial charge in [0.2, 0.25) is 0 Å². The van der Waals surface area contributed by atoms with Crippen LogP contribution in [-0.4, -0.2) is 53.1 Å². The number of alkyl halides is 3. The molecular formula is C8H14F3NO2. The van der Waals surface area contributed by atoms with Crippen LogP contribution in [0.25, 0.3) is 0 Å². The summed E-state index contributed by atoms with van der Waals surface area (Å²) in [7, 11) is 0. The lowest BCUT2D eigenvalue weighted by Gasteiger charge is -2.25. The minimum Gasteiger partial charge on any atom is -0.394 e. The number of halogens is 3. The average Bonchev–Trinajstić information content (AvgIpc) is 2.82. The first-order valence-electron chi connectivity index (χ1n) is 4.52. The molecule has 3 nitrogen and oxygen atoms in total. The molecule has 0 heterocycles. The topological polar surface area (TPSA) is 43.7 Å². The maximum atomic E-state index is 12.1. The third-order valence-corrected chi connectivity index (χ3v) is 2.10. The molecule has 14 heavy (non-hydrogen) atoms. The second kappa shape index (κ2) is 4.46. The van der Waals surface area contributed by atoms with Crippen molar-refractivity contribution in [1.82, 2.24) is 4.90 Å². The molecule has 0 aliphatic heterocycles. The Hall–Kier alpha value is -0.330. The Morgan fingerprint density at radius 3 is 2.29 bits per heavy atom. The fourth-order valence-electron chi connectivity index (χ4n) is 1.34. The number of hydrogen-bond acceptors (Lipinski definition) is 3. The van der Waals surface area contributed by atoms with Crippen LogP contribution in [0.1, 0.15) is 12.8 Å². The molecule has 0 aromatic rings. The van der Waals surface area contributed by atoms with Crippen LogP contribution in [0.4, 0.5) is 13.2 Å². The van der Waals surface area contributed by atoms with Crippen molar-refractivity contribution in [3.05, 3.63) is 0 Å². The first-order chi connectivity index (χ1) is 6.42. The summed E-state index contributed by atoms with van der Waals surface area (Å²) in [5.74, 6) is 0. The molecule has 0 aromatic carbocycles. The monoisotopic (exact) mass is 213 g/mol. The zero-order valence-corrected chi connectivity index (χ0v) is 7.67. The third-order valence-electron chi connectivity index (χ3n) is 2.10. The van der Waals surface area contributed by atoms with Gasteiger partial charge in [-0.25, -0.2) is 0 Å². The molecule has 0 saturated heterocycles. The number of aliphatic hydroxyl groups is 2. The molecular weight excluding hydrogens is 199 g/mol. The second-order valence-corrected chi connectivity index (χ2v) is 3.61. The SMILES string of the molecule is OCC(O)CN(CC(F)(F)F)C1CC1. The molecule has 6 heteroatoms. The second-order valence-electron chi connectivity index (χ2n) is 3.61. The number of nitrogens with zero attached hydrogens (tertiary/aromatic N) is 1. The molecule has 1 aliphatic rings.